The number of fused-ring (bicyclic) bond motifs is 2. The van der Waals surface area contributed by atoms with Crippen LogP contribution in [0.15, 0.2) is 0 Å². The van der Waals surface area contributed by atoms with Gasteiger partial charge in [0.2, 0.25) is 0 Å². The van der Waals surface area contributed by atoms with Gasteiger partial charge < -0.3 is 10.1 Å². The van der Waals surface area contributed by atoms with Crippen LogP contribution in [0.3, 0.4) is 0 Å². The van der Waals surface area contributed by atoms with Crippen LogP contribution in [0.2, 0.25) is 0 Å². The van der Waals surface area contributed by atoms with E-state index in [1.165, 1.54) is 45.1 Å². The summed E-state index contributed by atoms with van der Waals surface area (Å²) in [6, 6.07) is 0.692. The van der Waals surface area contributed by atoms with E-state index in [0.717, 1.165) is 5.92 Å². The molecule has 74 valence electrons. The minimum absolute atomic E-state index is 0.559. The lowest BCUT2D eigenvalue weighted by Gasteiger charge is -2.19. The highest BCUT2D eigenvalue weighted by Crippen LogP contribution is 2.35. The first-order valence-corrected chi connectivity index (χ1v) is 5.80. The zero-order valence-electron chi connectivity index (χ0n) is 8.17. The molecule has 3 rings (SSSR count). The van der Waals surface area contributed by atoms with Gasteiger partial charge in [0.15, 0.2) is 0 Å². The molecule has 3 atom stereocenters. The lowest BCUT2D eigenvalue weighted by Crippen LogP contribution is -2.38. The van der Waals surface area contributed by atoms with Crippen molar-refractivity contribution in [3.63, 3.8) is 0 Å². The van der Waals surface area contributed by atoms with Crippen molar-refractivity contribution in [2.45, 2.75) is 56.8 Å². The summed E-state index contributed by atoms with van der Waals surface area (Å²) in [5.74, 6) is 1.06. The van der Waals surface area contributed by atoms with Crippen LogP contribution in [0.5, 0.6) is 0 Å². The molecule has 3 fully saturated rings. The highest BCUT2D eigenvalue weighted by Gasteiger charge is 2.40. The molecule has 0 aromatic rings. The van der Waals surface area contributed by atoms with Crippen LogP contribution in [0.1, 0.15) is 38.5 Å². The third kappa shape index (κ3) is 1.75. The van der Waals surface area contributed by atoms with Gasteiger partial charge >= 0.3 is 0 Å². The fraction of sp³-hybridized carbons (Fsp3) is 1.00. The minimum Gasteiger partial charge on any atom is -0.373 e. The Bertz CT molecular complexity index is 191. The maximum absolute atomic E-state index is 5.80. The number of nitrogens with one attached hydrogen (secondary N) is 1. The molecule has 1 saturated carbocycles. The van der Waals surface area contributed by atoms with Crippen LogP contribution in [-0.2, 0) is 4.74 Å². The van der Waals surface area contributed by atoms with E-state index in [1.54, 1.807) is 0 Å². The molecule has 0 aromatic heterocycles. The third-order valence-electron chi connectivity index (χ3n) is 3.76. The molecular weight excluding hydrogens is 162 g/mol. The van der Waals surface area contributed by atoms with Gasteiger partial charge in [-0.1, -0.05) is 12.8 Å². The summed E-state index contributed by atoms with van der Waals surface area (Å²) in [6.45, 7) is 1.22. The molecule has 0 spiro atoms. The van der Waals surface area contributed by atoms with Crippen LogP contribution in [0, 0.1) is 5.92 Å². The van der Waals surface area contributed by atoms with E-state index in [1.807, 2.05) is 0 Å². The molecule has 1 N–H and O–H groups in total. The van der Waals surface area contributed by atoms with Crippen molar-refractivity contribution in [1.82, 2.24) is 5.32 Å². The zero-order valence-corrected chi connectivity index (χ0v) is 8.17. The lowest BCUT2D eigenvalue weighted by atomic mass is 9.95. The number of hydrogen-bond donors (Lipinski definition) is 1. The molecule has 2 bridgehead atoms. The highest BCUT2D eigenvalue weighted by molar-refractivity contribution is 4.94. The monoisotopic (exact) mass is 181 g/mol. The van der Waals surface area contributed by atoms with Gasteiger partial charge in [0, 0.05) is 6.04 Å². The predicted molar refractivity (Wildman–Crippen MR) is 51.6 cm³/mol. The topological polar surface area (TPSA) is 21.3 Å². The summed E-state index contributed by atoms with van der Waals surface area (Å²) in [6.07, 6.45) is 9.40. The van der Waals surface area contributed by atoms with Gasteiger partial charge in [0.1, 0.15) is 0 Å². The Kier molecular flexibility index (Phi) is 2.06. The van der Waals surface area contributed by atoms with E-state index >= 15 is 0 Å². The molecule has 2 aliphatic heterocycles. The fourth-order valence-corrected chi connectivity index (χ4v) is 2.73. The molecular formula is C11H19NO. The maximum Gasteiger partial charge on any atom is 0.0733 e. The van der Waals surface area contributed by atoms with Crippen molar-refractivity contribution in [1.29, 1.82) is 0 Å². The summed E-state index contributed by atoms with van der Waals surface area (Å²) >= 11 is 0. The summed E-state index contributed by atoms with van der Waals surface area (Å²) in [7, 11) is 0. The first kappa shape index (κ1) is 8.25. The second-order valence-corrected chi connectivity index (χ2v) is 4.90. The van der Waals surface area contributed by atoms with Crippen LogP contribution >= 0.6 is 0 Å². The molecule has 2 saturated heterocycles. The van der Waals surface area contributed by atoms with Crippen LogP contribution in [0.25, 0.3) is 0 Å². The summed E-state index contributed by atoms with van der Waals surface area (Å²) in [5.41, 5.74) is 0. The molecule has 0 radical (unpaired) electrons. The molecule has 3 unspecified atom stereocenters. The smallest absolute Gasteiger partial charge is 0.0733 e. The standard InChI is InChI=1S/C11H19NO/c1-2-8(1)5-6-12-10-7-9-3-4-11(10)13-9/h8-12H,1-7H2. The van der Waals surface area contributed by atoms with Crippen molar-refractivity contribution in [3.8, 4) is 0 Å². The van der Waals surface area contributed by atoms with Gasteiger partial charge in [-0.3, -0.25) is 0 Å². The van der Waals surface area contributed by atoms with Crippen LogP contribution in [0.4, 0.5) is 0 Å². The van der Waals surface area contributed by atoms with Gasteiger partial charge in [0.05, 0.1) is 12.2 Å². The van der Waals surface area contributed by atoms with Gasteiger partial charge in [-0.25, -0.2) is 0 Å². The highest BCUT2D eigenvalue weighted by atomic mass is 16.5. The van der Waals surface area contributed by atoms with E-state index in [-0.39, 0.29) is 0 Å². The molecule has 2 heterocycles. The third-order valence-corrected chi connectivity index (χ3v) is 3.76. The number of rotatable bonds is 4. The number of ether oxygens (including phenoxy) is 1. The van der Waals surface area contributed by atoms with Crippen molar-refractivity contribution in [2.75, 3.05) is 6.54 Å². The Balaban J connectivity index is 1.40. The zero-order chi connectivity index (χ0) is 8.67. The number of hydrogen-bond acceptors (Lipinski definition) is 2. The maximum atomic E-state index is 5.80. The van der Waals surface area contributed by atoms with E-state index in [4.69, 9.17) is 4.74 Å². The van der Waals surface area contributed by atoms with Gasteiger partial charge in [0.25, 0.3) is 0 Å². The first-order valence-electron chi connectivity index (χ1n) is 5.80. The molecule has 0 aromatic carbocycles. The molecule has 2 heteroatoms. The molecule has 1 aliphatic carbocycles. The fourth-order valence-electron chi connectivity index (χ4n) is 2.73. The van der Waals surface area contributed by atoms with Gasteiger partial charge in [-0.2, -0.15) is 0 Å². The van der Waals surface area contributed by atoms with Gasteiger partial charge in [-0.15, -0.1) is 0 Å². The Morgan fingerprint density at radius 1 is 1.15 bits per heavy atom. The average molecular weight is 181 g/mol. The largest absolute Gasteiger partial charge is 0.373 e. The Morgan fingerprint density at radius 3 is 2.69 bits per heavy atom. The molecule has 3 aliphatic rings. The Labute approximate surface area is 80.0 Å². The van der Waals surface area contributed by atoms with E-state index in [2.05, 4.69) is 5.32 Å². The predicted octanol–water partition coefficient (Wildman–Crippen LogP) is 1.70. The summed E-state index contributed by atoms with van der Waals surface area (Å²) < 4.78 is 5.80. The SMILES string of the molecule is C(CC1CC1)NC1CC2CCC1O2. The Hall–Kier alpha value is -0.0800. The Morgan fingerprint density at radius 2 is 2.08 bits per heavy atom. The van der Waals surface area contributed by atoms with Gasteiger partial charge in [-0.05, 0) is 38.1 Å². The molecule has 13 heavy (non-hydrogen) atoms. The lowest BCUT2D eigenvalue weighted by molar-refractivity contribution is 0.0974. The second kappa shape index (κ2) is 3.25. The second-order valence-electron chi connectivity index (χ2n) is 4.90. The average Bonchev–Trinajstić information content (AvgIpc) is 2.74. The molecule has 0 amide bonds. The minimum atomic E-state index is 0.559. The van der Waals surface area contributed by atoms with E-state index in [9.17, 15) is 0 Å². The van der Waals surface area contributed by atoms with E-state index < -0.39 is 0 Å². The quantitative estimate of drug-likeness (QED) is 0.712. The van der Waals surface area contributed by atoms with Crippen molar-refractivity contribution < 1.29 is 4.74 Å². The van der Waals surface area contributed by atoms with Crippen LogP contribution < -0.4 is 5.32 Å². The first-order chi connectivity index (χ1) is 6.42. The van der Waals surface area contributed by atoms with Crippen molar-refractivity contribution in [3.05, 3.63) is 0 Å². The molecule has 2 nitrogen and oxygen atoms in total. The normalized spacial score (nSPS) is 42.9. The van der Waals surface area contributed by atoms with E-state index in [0.29, 0.717) is 18.2 Å². The van der Waals surface area contributed by atoms with Crippen molar-refractivity contribution >= 4 is 0 Å². The van der Waals surface area contributed by atoms with Crippen LogP contribution in [-0.4, -0.2) is 24.8 Å². The van der Waals surface area contributed by atoms with Crippen molar-refractivity contribution in [2.24, 2.45) is 5.92 Å². The summed E-state index contributed by atoms with van der Waals surface area (Å²) in [4.78, 5) is 0. The summed E-state index contributed by atoms with van der Waals surface area (Å²) in [5, 5.41) is 3.66.